The van der Waals surface area contributed by atoms with Crippen LogP contribution in [0.25, 0.3) is 11.3 Å². The number of ether oxygens (including phenoxy) is 1. The third-order valence-electron chi connectivity index (χ3n) is 3.87. The van der Waals surface area contributed by atoms with Crippen molar-refractivity contribution >= 4 is 17.5 Å². The highest BCUT2D eigenvalue weighted by Crippen LogP contribution is 2.39. The van der Waals surface area contributed by atoms with Gasteiger partial charge in [0.1, 0.15) is 5.82 Å². The fourth-order valence-corrected chi connectivity index (χ4v) is 2.90. The number of nitrogens with zero attached hydrogens (tertiary/aromatic N) is 3. The maximum atomic E-state index is 12.7. The lowest BCUT2D eigenvalue weighted by atomic mass is 10.1. The van der Waals surface area contributed by atoms with Gasteiger partial charge in [-0.3, -0.25) is 4.79 Å². The Morgan fingerprint density at radius 3 is 2.57 bits per heavy atom. The van der Waals surface area contributed by atoms with Gasteiger partial charge in [-0.05, 0) is 0 Å². The van der Waals surface area contributed by atoms with Crippen molar-refractivity contribution in [1.29, 1.82) is 0 Å². The molecular weight excluding hydrogens is 268 g/mol. The maximum absolute atomic E-state index is 12.7. The van der Waals surface area contributed by atoms with Crippen molar-refractivity contribution in [3.05, 3.63) is 35.4 Å². The minimum Gasteiger partial charge on any atom is -0.378 e. The van der Waals surface area contributed by atoms with Gasteiger partial charge in [0.05, 0.1) is 24.5 Å². The molecule has 0 unspecified atom stereocenters. The lowest BCUT2D eigenvalue weighted by Crippen LogP contribution is -2.37. The molecule has 2 N–H and O–H groups in total. The highest BCUT2D eigenvalue weighted by molar-refractivity contribution is 6.23. The number of nitrogen functional groups attached to an aromatic ring is 1. The van der Waals surface area contributed by atoms with E-state index in [9.17, 15) is 4.79 Å². The van der Waals surface area contributed by atoms with Gasteiger partial charge in [-0.25, -0.2) is 4.98 Å². The van der Waals surface area contributed by atoms with Crippen molar-refractivity contribution in [2.75, 3.05) is 36.9 Å². The Bertz CT molecular complexity index is 738. The molecule has 1 fully saturated rings. The minimum atomic E-state index is -0.0258. The van der Waals surface area contributed by atoms with Gasteiger partial charge in [0.15, 0.2) is 5.78 Å². The standard InChI is InChI=1S/C15H14N4O2/c16-15-17-12-9-3-1-2-4-10(9)13(20)11(12)14(18-15)19-5-7-21-8-6-19/h1-4H,5-8H2,(H2,16,17,18). The van der Waals surface area contributed by atoms with E-state index in [0.717, 1.165) is 5.56 Å². The number of aromatic nitrogens is 2. The Labute approximate surface area is 121 Å². The zero-order valence-electron chi connectivity index (χ0n) is 11.4. The second-order valence-electron chi connectivity index (χ2n) is 5.10. The summed E-state index contributed by atoms with van der Waals surface area (Å²) in [4.78, 5) is 23.3. The first-order valence-corrected chi connectivity index (χ1v) is 6.90. The van der Waals surface area contributed by atoms with Crippen LogP contribution in [0.5, 0.6) is 0 Å². The first-order valence-electron chi connectivity index (χ1n) is 6.90. The summed E-state index contributed by atoms with van der Waals surface area (Å²) in [5, 5.41) is 0. The van der Waals surface area contributed by atoms with Gasteiger partial charge < -0.3 is 15.4 Å². The summed E-state index contributed by atoms with van der Waals surface area (Å²) in [7, 11) is 0. The van der Waals surface area contributed by atoms with E-state index in [2.05, 4.69) is 9.97 Å². The molecule has 6 nitrogen and oxygen atoms in total. The molecule has 6 heteroatoms. The van der Waals surface area contributed by atoms with Gasteiger partial charge in [0, 0.05) is 24.2 Å². The molecule has 1 aromatic carbocycles. The molecule has 0 amide bonds. The van der Waals surface area contributed by atoms with E-state index in [4.69, 9.17) is 10.5 Å². The molecule has 1 saturated heterocycles. The van der Waals surface area contributed by atoms with E-state index in [1.807, 2.05) is 29.2 Å². The van der Waals surface area contributed by atoms with Crippen LogP contribution in [-0.4, -0.2) is 42.1 Å². The highest BCUT2D eigenvalue weighted by atomic mass is 16.5. The topological polar surface area (TPSA) is 81.3 Å². The molecule has 106 valence electrons. The number of carbonyl (C=O) groups excluding carboxylic acids is 1. The summed E-state index contributed by atoms with van der Waals surface area (Å²) in [6.07, 6.45) is 0. The molecule has 1 aliphatic carbocycles. The molecule has 0 saturated carbocycles. The van der Waals surface area contributed by atoms with Crippen LogP contribution in [0.15, 0.2) is 24.3 Å². The number of carbonyl (C=O) groups is 1. The molecular formula is C15H14N4O2. The van der Waals surface area contributed by atoms with Crippen molar-refractivity contribution in [3.8, 4) is 11.3 Å². The third-order valence-corrected chi connectivity index (χ3v) is 3.87. The Morgan fingerprint density at radius 2 is 1.81 bits per heavy atom. The summed E-state index contributed by atoms with van der Waals surface area (Å²) in [5.74, 6) is 0.795. The van der Waals surface area contributed by atoms with Gasteiger partial charge in [-0.1, -0.05) is 24.3 Å². The average molecular weight is 282 g/mol. The minimum absolute atomic E-state index is 0.0258. The third kappa shape index (κ3) is 1.80. The average Bonchev–Trinajstić information content (AvgIpc) is 2.81. The Kier molecular flexibility index (Phi) is 2.65. The smallest absolute Gasteiger partial charge is 0.222 e. The van der Waals surface area contributed by atoms with E-state index < -0.39 is 0 Å². The van der Waals surface area contributed by atoms with Crippen LogP contribution in [0, 0.1) is 0 Å². The van der Waals surface area contributed by atoms with Crippen molar-refractivity contribution in [2.45, 2.75) is 0 Å². The number of fused-ring (bicyclic) bond motifs is 3. The highest BCUT2D eigenvalue weighted by Gasteiger charge is 2.33. The molecule has 0 radical (unpaired) electrons. The van der Waals surface area contributed by atoms with Crippen LogP contribution in [0.1, 0.15) is 15.9 Å². The van der Waals surface area contributed by atoms with Crippen LogP contribution in [0.3, 0.4) is 0 Å². The molecule has 1 aliphatic heterocycles. The normalized spacial score (nSPS) is 16.8. The summed E-state index contributed by atoms with van der Waals surface area (Å²) >= 11 is 0. The lowest BCUT2D eigenvalue weighted by Gasteiger charge is -2.29. The van der Waals surface area contributed by atoms with Crippen LogP contribution in [0.2, 0.25) is 0 Å². The Hall–Kier alpha value is -2.47. The first kappa shape index (κ1) is 12.3. The molecule has 0 bridgehead atoms. The van der Waals surface area contributed by atoms with Crippen LogP contribution in [0.4, 0.5) is 11.8 Å². The zero-order valence-corrected chi connectivity index (χ0v) is 11.4. The van der Waals surface area contributed by atoms with Crippen molar-refractivity contribution in [1.82, 2.24) is 9.97 Å². The zero-order chi connectivity index (χ0) is 14.4. The van der Waals surface area contributed by atoms with Crippen molar-refractivity contribution < 1.29 is 9.53 Å². The lowest BCUT2D eigenvalue weighted by molar-refractivity contribution is 0.104. The van der Waals surface area contributed by atoms with Crippen molar-refractivity contribution in [3.63, 3.8) is 0 Å². The number of rotatable bonds is 1. The largest absolute Gasteiger partial charge is 0.378 e. The van der Waals surface area contributed by atoms with Crippen LogP contribution in [-0.2, 0) is 4.74 Å². The van der Waals surface area contributed by atoms with Gasteiger partial charge >= 0.3 is 0 Å². The number of anilines is 2. The molecule has 2 aromatic rings. The van der Waals surface area contributed by atoms with E-state index >= 15 is 0 Å². The molecule has 21 heavy (non-hydrogen) atoms. The van der Waals surface area contributed by atoms with E-state index in [-0.39, 0.29) is 11.7 Å². The van der Waals surface area contributed by atoms with Gasteiger partial charge in [0.25, 0.3) is 0 Å². The predicted molar refractivity (Wildman–Crippen MR) is 78.3 cm³/mol. The van der Waals surface area contributed by atoms with Crippen LogP contribution >= 0.6 is 0 Å². The molecule has 0 atom stereocenters. The number of benzene rings is 1. The second-order valence-corrected chi connectivity index (χ2v) is 5.10. The summed E-state index contributed by atoms with van der Waals surface area (Å²) in [5.41, 5.74) is 8.56. The van der Waals surface area contributed by atoms with Crippen molar-refractivity contribution in [2.24, 2.45) is 0 Å². The second kappa shape index (κ2) is 4.53. The van der Waals surface area contributed by atoms with E-state index in [1.54, 1.807) is 0 Å². The molecule has 1 aromatic heterocycles. The monoisotopic (exact) mass is 282 g/mol. The molecule has 2 aliphatic rings. The molecule has 0 spiro atoms. The Balaban J connectivity index is 1.92. The summed E-state index contributed by atoms with van der Waals surface area (Å²) < 4.78 is 5.36. The quantitative estimate of drug-likeness (QED) is 0.720. The number of ketones is 1. The predicted octanol–water partition coefficient (Wildman–Crippen LogP) is 1.11. The fourth-order valence-electron chi connectivity index (χ4n) is 2.90. The summed E-state index contributed by atoms with van der Waals surface area (Å²) in [6.45, 7) is 2.65. The summed E-state index contributed by atoms with van der Waals surface area (Å²) in [6, 6.07) is 7.47. The number of hydrogen-bond acceptors (Lipinski definition) is 6. The molecule has 2 heterocycles. The number of morpholine rings is 1. The SMILES string of the molecule is Nc1nc2c(c(N3CCOCC3)n1)C(=O)c1ccccc1-2. The van der Waals surface area contributed by atoms with E-state index in [0.29, 0.717) is 48.9 Å². The van der Waals surface area contributed by atoms with Crippen LogP contribution < -0.4 is 10.6 Å². The number of hydrogen-bond donors (Lipinski definition) is 1. The fraction of sp³-hybridized carbons (Fsp3) is 0.267. The Morgan fingerprint density at radius 1 is 1.10 bits per heavy atom. The van der Waals surface area contributed by atoms with Gasteiger partial charge in [-0.2, -0.15) is 4.98 Å². The first-order chi connectivity index (χ1) is 10.3. The number of nitrogens with two attached hydrogens (primary N) is 1. The molecule has 4 rings (SSSR count). The van der Waals surface area contributed by atoms with Gasteiger partial charge in [-0.15, -0.1) is 0 Å². The van der Waals surface area contributed by atoms with E-state index in [1.165, 1.54) is 0 Å². The maximum Gasteiger partial charge on any atom is 0.222 e. The van der Waals surface area contributed by atoms with Gasteiger partial charge in [0.2, 0.25) is 5.95 Å².